The van der Waals surface area contributed by atoms with E-state index < -0.39 is 24.9 Å². The molecular formula is C28H28F2N6O2. The Morgan fingerprint density at radius 3 is 2.53 bits per heavy atom. The van der Waals surface area contributed by atoms with Gasteiger partial charge in [-0.25, -0.2) is 13.8 Å². The number of benzene rings is 1. The maximum Gasteiger partial charge on any atom is 0.273 e. The molecule has 1 aromatic heterocycles. The van der Waals surface area contributed by atoms with Crippen molar-refractivity contribution in [2.45, 2.75) is 58.5 Å². The molecule has 1 aromatic carbocycles. The van der Waals surface area contributed by atoms with Crippen molar-refractivity contribution >= 4 is 17.9 Å². The quantitative estimate of drug-likeness (QED) is 0.478. The zero-order valence-corrected chi connectivity index (χ0v) is 21.4. The van der Waals surface area contributed by atoms with Crippen molar-refractivity contribution in [2.75, 3.05) is 11.9 Å². The van der Waals surface area contributed by atoms with Gasteiger partial charge in [-0.2, -0.15) is 15.5 Å². The van der Waals surface area contributed by atoms with Crippen LogP contribution in [0.2, 0.25) is 0 Å². The van der Waals surface area contributed by atoms with Crippen LogP contribution in [0, 0.1) is 54.3 Å². The molecule has 196 valence electrons. The molecule has 2 unspecified atom stereocenters. The topological polar surface area (TPSA) is 115 Å². The number of anilines is 1. The third-order valence-corrected chi connectivity index (χ3v) is 7.96. The zero-order chi connectivity index (χ0) is 27.1. The average Bonchev–Trinajstić information content (AvgIpc) is 3.08. The number of ether oxygens (including phenoxy) is 1. The Morgan fingerprint density at radius 1 is 1.18 bits per heavy atom. The molecule has 3 aliphatic carbocycles. The third-order valence-electron chi connectivity index (χ3n) is 7.96. The second-order valence-corrected chi connectivity index (χ2v) is 10.4. The SMILES string of the molecule is Cc1cc(/C=C/C#N)cc(C)c1Oc1nc(NC2CC(C#N)C3CC2C3)nc2c1[C@H](C)N(CC(F)F)C2=O. The molecule has 0 saturated heterocycles. The number of amides is 1. The number of nitrogens with zero attached hydrogens (tertiary/aromatic N) is 5. The molecule has 3 atom stereocenters. The number of aryl methyl sites for hydroxylation is 2. The molecule has 1 aliphatic heterocycles. The molecule has 10 heteroatoms. The highest BCUT2D eigenvalue weighted by Gasteiger charge is 2.47. The van der Waals surface area contributed by atoms with Crippen LogP contribution in [0.3, 0.4) is 0 Å². The second kappa shape index (κ2) is 10.0. The summed E-state index contributed by atoms with van der Waals surface area (Å²) >= 11 is 0. The summed E-state index contributed by atoms with van der Waals surface area (Å²) in [6.07, 6.45) is 2.99. The molecular weight excluding hydrogens is 490 g/mol. The van der Waals surface area contributed by atoms with Crippen LogP contribution in [0.5, 0.6) is 11.6 Å². The van der Waals surface area contributed by atoms with Crippen LogP contribution in [0.4, 0.5) is 14.7 Å². The number of alkyl halides is 2. The van der Waals surface area contributed by atoms with E-state index in [4.69, 9.17) is 10.00 Å². The summed E-state index contributed by atoms with van der Waals surface area (Å²) in [5.41, 5.74) is 2.83. The Hall–Kier alpha value is -4.05. The van der Waals surface area contributed by atoms with Gasteiger partial charge in [-0.1, -0.05) is 0 Å². The lowest BCUT2D eigenvalue weighted by Crippen LogP contribution is -2.48. The molecule has 4 aliphatic rings. The highest BCUT2D eigenvalue weighted by molar-refractivity contribution is 5.98. The van der Waals surface area contributed by atoms with Crippen LogP contribution in [0.25, 0.3) is 6.08 Å². The van der Waals surface area contributed by atoms with Gasteiger partial charge in [-0.15, -0.1) is 0 Å². The number of hydrogen-bond donors (Lipinski definition) is 1. The summed E-state index contributed by atoms with van der Waals surface area (Å²) in [7, 11) is 0. The van der Waals surface area contributed by atoms with Gasteiger partial charge in [0.05, 0.1) is 36.2 Å². The van der Waals surface area contributed by atoms with E-state index in [9.17, 15) is 18.8 Å². The highest BCUT2D eigenvalue weighted by atomic mass is 19.3. The number of hydrogen-bond acceptors (Lipinski definition) is 7. The number of nitrogens with one attached hydrogen (secondary N) is 1. The van der Waals surface area contributed by atoms with E-state index in [0.29, 0.717) is 29.6 Å². The predicted molar refractivity (Wildman–Crippen MR) is 135 cm³/mol. The van der Waals surface area contributed by atoms with Crippen LogP contribution in [-0.2, 0) is 0 Å². The molecule has 38 heavy (non-hydrogen) atoms. The first-order valence-corrected chi connectivity index (χ1v) is 12.7. The second-order valence-electron chi connectivity index (χ2n) is 10.4. The Labute approximate surface area is 219 Å². The van der Waals surface area contributed by atoms with Crippen molar-refractivity contribution in [3.63, 3.8) is 0 Å². The van der Waals surface area contributed by atoms with E-state index in [2.05, 4.69) is 21.4 Å². The van der Waals surface area contributed by atoms with Gasteiger partial charge in [0, 0.05) is 12.1 Å². The first kappa shape index (κ1) is 25.6. The molecule has 2 bridgehead atoms. The van der Waals surface area contributed by atoms with Gasteiger partial charge in [0.25, 0.3) is 12.3 Å². The number of rotatable bonds is 7. The fraction of sp³-hybridized carbons (Fsp3) is 0.464. The van der Waals surface area contributed by atoms with Crippen LogP contribution in [-0.4, -0.2) is 39.8 Å². The molecule has 6 rings (SSSR count). The Morgan fingerprint density at radius 2 is 1.89 bits per heavy atom. The summed E-state index contributed by atoms with van der Waals surface area (Å²) in [6, 6.07) is 7.39. The number of halogens is 2. The minimum Gasteiger partial charge on any atom is -0.438 e. The number of aromatic nitrogens is 2. The number of nitriles is 2. The maximum absolute atomic E-state index is 13.3. The fourth-order valence-electron chi connectivity index (χ4n) is 5.98. The van der Waals surface area contributed by atoms with Crippen molar-refractivity contribution in [1.29, 1.82) is 10.5 Å². The van der Waals surface area contributed by atoms with Crippen LogP contribution in [0.1, 0.15) is 65.0 Å². The lowest BCUT2D eigenvalue weighted by atomic mass is 9.58. The fourth-order valence-corrected chi connectivity index (χ4v) is 5.98. The lowest BCUT2D eigenvalue weighted by molar-refractivity contribution is 0.0503. The van der Waals surface area contributed by atoms with Crippen molar-refractivity contribution < 1.29 is 18.3 Å². The van der Waals surface area contributed by atoms with Gasteiger partial charge < -0.3 is 15.0 Å². The van der Waals surface area contributed by atoms with Crippen LogP contribution < -0.4 is 10.1 Å². The molecule has 0 spiro atoms. The first-order chi connectivity index (χ1) is 18.2. The van der Waals surface area contributed by atoms with E-state index in [1.165, 1.54) is 6.08 Å². The molecule has 1 amide bonds. The normalized spacial score (nSPS) is 25.6. The smallest absolute Gasteiger partial charge is 0.273 e. The van der Waals surface area contributed by atoms with E-state index in [0.717, 1.165) is 34.4 Å². The lowest BCUT2D eigenvalue weighted by Gasteiger charge is -2.49. The van der Waals surface area contributed by atoms with Crippen molar-refractivity contribution in [3.05, 3.63) is 46.2 Å². The molecule has 3 fully saturated rings. The highest BCUT2D eigenvalue weighted by Crippen LogP contribution is 2.50. The average molecular weight is 519 g/mol. The van der Waals surface area contributed by atoms with Crippen LogP contribution in [0.15, 0.2) is 18.2 Å². The summed E-state index contributed by atoms with van der Waals surface area (Å²) < 4.78 is 33.0. The van der Waals surface area contributed by atoms with Crippen molar-refractivity contribution in [1.82, 2.24) is 14.9 Å². The standard InChI is InChI=1S/C28H28F2N6O2/c1-14-7-17(5-4-6-31)8-15(2)25(14)38-26-23-16(3)36(13-22(29)30)27(37)24(23)34-28(35-26)33-21-11-20(12-32)18-9-19(21)10-18/h4-5,7-8,16,18-22H,9-11,13H2,1-3H3,(H,33,34,35)/b5-4+/t16-,18?,19?,20?,21?/m0/s1. The first-order valence-electron chi connectivity index (χ1n) is 12.7. The van der Waals surface area contributed by atoms with E-state index in [1.807, 2.05) is 32.0 Å². The van der Waals surface area contributed by atoms with Crippen LogP contribution >= 0.6 is 0 Å². The predicted octanol–water partition coefficient (Wildman–Crippen LogP) is 5.55. The number of carbonyl (C=O) groups is 1. The summed E-state index contributed by atoms with van der Waals surface area (Å²) in [4.78, 5) is 23.4. The van der Waals surface area contributed by atoms with Gasteiger partial charge in [0.2, 0.25) is 11.8 Å². The van der Waals surface area contributed by atoms with Gasteiger partial charge in [0.15, 0.2) is 0 Å². The Balaban J connectivity index is 1.53. The van der Waals surface area contributed by atoms with Gasteiger partial charge in [-0.3, -0.25) is 4.79 Å². The van der Waals surface area contributed by atoms with Crippen molar-refractivity contribution in [3.8, 4) is 23.8 Å². The minimum atomic E-state index is -2.69. The van der Waals surface area contributed by atoms with E-state index in [-0.39, 0.29) is 29.5 Å². The molecule has 3 saturated carbocycles. The minimum absolute atomic E-state index is 0.0173. The van der Waals surface area contributed by atoms with Gasteiger partial charge >= 0.3 is 0 Å². The van der Waals surface area contributed by atoms with E-state index in [1.54, 1.807) is 13.0 Å². The van der Waals surface area contributed by atoms with Gasteiger partial charge in [-0.05, 0) is 86.8 Å². The molecule has 2 heterocycles. The van der Waals surface area contributed by atoms with Crippen molar-refractivity contribution in [2.24, 2.45) is 17.8 Å². The molecule has 1 N–H and O–H groups in total. The molecule has 2 aromatic rings. The Kier molecular flexibility index (Phi) is 6.75. The Bertz CT molecular complexity index is 1370. The summed E-state index contributed by atoms with van der Waals surface area (Å²) in [6.45, 7) is 4.67. The van der Waals surface area contributed by atoms with E-state index >= 15 is 0 Å². The number of fused-ring (bicyclic) bond motifs is 3. The number of carbonyl (C=O) groups excluding carboxylic acids is 1. The zero-order valence-electron chi connectivity index (χ0n) is 21.4. The summed E-state index contributed by atoms with van der Waals surface area (Å²) in [5, 5.41) is 21.7. The van der Waals surface area contributed by atoms with Gasteiger partial charge in [0.1, 0.15) is 11.4 Å². The molecule has 0 radical (unpaired) electrons. The maximum atomic E-state index is 13.3. The monoisotopic (exact) mass is 518 g/mol. The number of allylic oxidation sites excluding steroid dienone is 1. The molecule has 8 nitrogen and oxygen atoms in total. The largest absolute Gasteiger partial charge is 0.438 e. The summed E-state index contributed by atoms with van der Waals surface area (Å²) in [5.74, 6) is 1.07. The third kappa shape index (κ3) is 4.56.